The van der Waals surface area contributed by atoms with Crippen LogP contribution in [0, 0.1) is 6.20 Å². The van der Waals surface area contributed by atoms with E-state index in [4.69, 9.17) is 4.74 Å². The number of hydrogen-bond donors (Lipinski definition) is 1. The molecule has 1 rings (SSSR count). The van der Waals surface area contributed by atoms with Crippen LogP contribution in [0.5, 0.6) is 0 Å². The van der Waals surface area contributed by atoms with Gasteiger partial charge in [0.2, 0.25) is 0 Å². The first kappa shape index (κ1) is 11.3. The summed E-state index contributed by atoms with van der Waals surface area (Å²) in [4.78, 5) is 0. The van der Waals surface area contributed by atoms with Gasteiger partial charge in [0, 0.05) is 45.9 Å². The number of ether oxygens (including phenoxy) is 1. The fourth-order valence-electron chi connectivity index (χ4n) is 0.945. The normalized spacial score (nSPS) is 23.3. The van der Waals surface area contributed by atoms with Crippen LogP contribution in [-0.2, 0) is 37.4 Å². The molecule has 1 unspecified atom stereocenters. The first-order valence-electron chi connectivity index (χ1n) is 3.30. The van der Waals surface area contributed by atoms with Crippen LogP contribution in [0.15, 0.2) is 17.8 Å². The van der Waals surface area contributed by atoms with Crippen LogP contribution in [0.4, 0.5) is 0 Å². The molecule has 1 atom stereocenters. The second kappa shape index (κ2) is 5.07. The van der Waals surface area contributed by atoms with Crippen molar-refractivity contribution in [3.63, 3.8) is 0 Å². The molecule has 0 amide bonds. The molecule has 0 bridgehead atoms. The maximum absolute atomic E-state index is 5.15. The first-order chi connectivity index (χ1) is 4.74. The number of methoxy groups -OCH3 is 1. The van der Waals surface area contributed by atoms with E-state index < -0.39 is 0 Å². The molecule has 0 spiro atoms. The summed E-state index contributed by atoms with van der Waals surface area (Å²) in [7, 11) is 1.69. The molecule has 1 heterocycles. The molecule has 11 heavy (non-hydrogen) atoms. The van der Waals surface area contributed by atoms with Gasteiger partial charge in [-0.3, -0.25) is 0 Å². The van der Waals surface area contributed by atoms with Crippen LogP contribution in [0.2, 0.25) is 0 Å². The van der Waals surface area contributed by atoms with Gasteiger partial charge < -0.3 is 10.1 Å². The molecule has 1 N–H and O–H groups in total. The van der Waals surface area contributed by atoms with Crippen molar-refractivity contribution in [1.82, 2.24) is 5.32 Å². The van der Waals surface area contributed by atoms with Crippen molar-refractivity contribution >= 4 is 0 Å². The Morgan fingerprint density at radius 1 is 1.73 bits per heavy atom. The summed E-state index contributed by atoms with van der Waals surface area (Å²) in [5.74, 6) is 0. The molecule has 0 aliphatic carbocycles. The van der Waals surface area contributed by atoms with E-state index in [2.05, 4.69) is 18.1 Å². The third-order valence-corrected chi connectivity index (χ3v) is 1.60. The molecular formula is C8H12NOY-. The first-order valence-corrected chi connectivity index (χ1v) is 3.30. The van der Waals surface area contributed by atoms with E-state index in [0.717, 1.165) is 12.1 Å². The van der Waals surface area contributed by atoms with E-state index in [9.17, 15) is 0 Å². The molecule has 0 aromatic rings. The topological polar surface area (TPSA) is 21.3 Å². The fourth-order valence-corrected chi connectivity index (χ4v) is 0.945. The van der Waals surface area contributed by atoms with E-state index in [-0.39, 0.29) is 38.8 Å². The van der Waals surface area contributed by atoms with Crippen molar-refractivity contribution in [2.45, 2.75) is 19.4 Å². The Morgan fingerprint density at radius 2 is 2.36 bits per heavy atom. The van der Waals surface area contributed by atoms with Crippen LogP contribution in [0.25, 0.3) is 0 Å². The molecule has 0 aromatic carbocycles. The van der Waals surface area contributed by atoms with E-state index in [0.29, 0.717) is 0 Å². The van der Waals surface area contributed by atoms with Crippen molar-refractivity contribution in [2.75, 3.05) is 7.11 Å². The number of hydrogen-bond acceptors (Lipinski definition) is 2. The van der Waals surface area contributed by atoms with Gasteiger partial charge in [-0.2, -0.15) is 12.8 Å². The Bertz CT molecular complexity index is 177. The predicted molar refractivity (Wildman–Crippen MR) is 40.1 cm³/mol. The summed E-state index contributed by atoms with van der Waals surface area (Å²) in [5, 5.41) is 2.93. The fraction of sp³-hybridized carbons (Fsp3) is 0.500. The Hall–Kier alpha value is 0.344. The smallest absolute Gasteiger partial charge is 0.0343 e. The van der Waals surface area contributed by atoms with Gasteiger partial charge in [-0.15, -0.1) is 11.3 Å². The van der Waals surface area contributed by atoms with Gasteiger partial charge in [-0.05, 0) is 6.42 Å². The van der Waals surface area contributed by atoms with Gasteiger partial charge in [-0.25, -0.2) is 0 Å². The molecule has 1 radical (unpaired) electrons. The molecule has 0 saturated carbocycles. The van der Waals surface area contributed by atoms with Crippen LogP contribution < -0.4 is 5.32 Å². The van der Waals surface area contributed by atoms with Crippen molar-refractivity contribution in [2.24, 2.45) is 0 Å². The van der Waals surface area contributed by atoms with Crippen LogP contribution in [-0.4, -0.2) is 13.2 Å². The van der Waals surface area contributed by atoms with Gasteiger partial charge in [0.1, 0.15) is 0 Å². The molecule has 1 aliphatic heterocycles. The zero-order valence-corrected chi connectivity index (χ0v) is 9.82. The molecule has 59 valence electrons. The minimum absolute atomic E-state index is 0. The minimum Gasteiger partial charge on any atom is -0.526 e. The summed E-state index contributed by atoms with van der Waals surface area (Å²) < 4.78 is 5.15. The van der Waals surface area contributed by atoms with E-state index >= 15 is 0 Å². The molecule has 0 aromatic heterocycles. The Morgan fingerprint density at radius 3 is 2.82 bits per heavy atom. The maximum atomic E-state index is 5.15. The zero-order valence-electron chi connectivity index (χ0n) is 6.98. The Balaban J connectivity index is 0.000001000. The van der Waals surface area contributed by atoms with Gasteiger partial charge in [0.05, 0.1) is 0 Å². The molecule has 1 aliphatic rings. The SMILES string of the molecule is C=C1N[C-]=C(C)CC1OC.[Y]. The second-order valence-corrected chi connectivity index (χ2v) is 2.48. The quantitative estimate of drug-likeness (QED) is 0.680. The van der Waals surface area contributed by atoms with Gasteiger partial charge in [-0.1, -0.05) is 6.92 Å². The molecule has 0 fully saturated rings. The van der Waals surface area contributed by atoms with E-state index in [1.165, 1.54) is 5.57 Å². The molecule has 2 nitrogen and oxygen atoms in total. The molecule has 3 heteroatoms. The third-order valence-electron chi connectivity index (χ3n) is 1.60. The van der Waals surface area contributed by atoms with E-state index in [1.54, 1.807) is 7.11 Å². The summed E-state index contributed by atoms with van der Waals surface area (Å²) in [6.07, 6.45) is 4.01. The minimum atomic E-state index is 0. The Kier molecular flexibility index (Phi) is 5.23. The standard InChI is InChI=1S/C8H12NO.Y/c1-6-4-8(10-3)7(2)9-5-6;/h8-9H,2,4H2,1,3H3;/q-1;. The van der Waals surface area contributed by atoms with Gasteiger partial charge >= 0.3 is 0 Å². The zero-order chi connectivity index (χ0) is 7.56. The molecular weight excluding hydrogens is 215 g/mol. The average Bonchev–Trinajstić information content (AvgIpc) is 1.94. The van der Waals surface area contributed by atoms with Crippen LogP contribution >= 0.6 is 0 Å². The summed E-state index contributed by atoms with van der Waals surface area (Å²) in [6.45, 7) is 5.81. The summed E-state index contributed by atoms with van der Waals surface area (Å²) >= 11 is 0. The van der Waals surface area contributed by atoms with Crippen molar-refractivity contribution in [1.29, 1.82) is 0 Å². The Labute approximate surface area is 93.0 Å². The van der Waals surface area contributed by atoms with Crippen LogP contribution in [0.3, 0.4) is 0 Å². The average molecular weight is 227 g/mol. The van der Waals surface area contributed by atoms with Gasteiger partial charge in [0.15, 0.2) is 0 Å². The molecule has 0 saturated heterocycles. The van der Waals surface area contributed by atoms with Crippen molar-refractivity contribution in [3.05, 3.63) is 24.0 Å². The summed E-state index contributed by atoms with van der Waals surface area (Å²) in [6, 6.07) is 0. The van der Waals surface area contributed by atoms with Crippen molar-refractivity contribution < 1.29 is 37.4 Å². The third kappa shape index (κ3) is 3.06. The van der Waals surface area contributed by atoms with Crippen LogP contribution in [0.1, 0.15) is 13.3 Å². The number of nitrogens with one attached hydrogen (secondary N) is 1. The van der Waals surface area contributed by atoms with Crippen molar-refractivity contribution in [3.8, 4) is 0 Å². The number of rotatable bonds is 1. The van der Waals surface area contributed by atoms with Gasteiger partial charge in [0.25, 0.3) is 0 Å². The van der Waals surface area contributed by atoms with E-state index in [1.807, 2.05) is 6.92 Å². The summed E-state index contributed by atoms with van der Waals surface area (Å²) in [5.41, 5.74) is 2.08. The largest absolute Gasteiger partial charge is 0.526 e. The predicted octanol–water partition coefficient (Wildman–Crippen LogP) is 1.21. The monoisotopic (exact) mass is 227 g/mol. The maximum Gasteiger partial charge on any atom is 0.0343 e. The second-order valence-electron chi connectivity index (χ2n) is 2.48.